The van der Waals surface area contributed by atoms with Gasteiger partial charge in [0.2, 0.25) is 0 Å². The van der Waals surface area contributed by atoms with Crippen LogP contribution in [0.2, 0.25) is 0 Å². The molecule has 0 unspecified atom stereocenters. The van der Waals surface area contributed by atoms with Gasteiger partial charge in [-0.2, -0.15) is 5.10 Å². The number of aromatic amines is 1. The molecule has 0 saturated carbocycles. The summed E-state index contributed by atoms with van der Waals surface area (Å²) < 4.78 is 0. The molecule has 112 valence electrons. The Kier molecular flexibility index (Phi) is 5.30. The Morgan fingerprint density at radius 2 is 2.00 bits per heavy atom. The molecule has 20 heavy (non-hydrogen) atoms. The van der Waals surface area contributed by atoms with E-state index in [4.69, 9.17) is 5.11 Å². The molecule has 0 fully saturated rings. The molecule has 0 spiro atoms. The number of nitrogens with one attached hydrogen (secondary N) is 2. The van der Waals surface area contributed by atoms with Gasteiger partial charge >= 0.3 is 5.97 Å². The molecule has 1 aromatic heterocycles. The first kappa shape index (κ1) is 16.2. The van der Waals surface area contributed by atoms with Gasteiger partial charge in [-0.1, -0.05) is 27.7 Å². The van der Waals surface area contributed by atoms with Gasteiger partial charge < -0.3 is 10.4 Å². The van der Waals surface area contributed by atoms with Gasteiger partial charge in [-0.15, -0.1) is 0 Å². The van der Waals surface area contributed by atoms with Crippen LogP contribution >= 0.6 is 0 Å². The first-order chi connectivity index (χ1) is 9.33. The topological polar surface area (TPSA) is 95.1 Å². The number of carboxylic acids is 1. The molecule has 0 bridgehead atoms. The fourth-order valence-corrected chi connectivity index (χ4v) is 2.06. The quantitative estimate of drug-likeness (QED) is 0.714. The summed E-state index contributed by atoms with van der Waals surface area (Å²) in [5.74, 6) is -0.998. The summed E-state index contributed by atoms with van der Waals surface area (Å²) in [6.07, 6.45) is 1.03. The van der Waals surface area contributed by atoms with Crippen LogP contribution in [0, 0.1) is 0 Å². The number of carbonyl (C=O) groups is 2. The van der Waals surface area contributed by atoms with Crippen molar-refractivity contribution >= 4 is 11.9 Å². The number of aromatic nitrogens is 2. The summed E-state index contributed by atoms with van der Waals surface area (Å²) in [4.78, 5) is 23.2. The fraction of sp³-hybridized carbons (Fsp3) is 0.643. The first-order valence-electron chi connectivity index (χ1n) is 6.93. The third kappa shape index (κ3) is 3.82. The van der Waals surface area contributed by atoms with E-state index in [-0.39, 0.29) is 18.2 Å². The van der Waals surface area contributed by atoms with Crippen LogP contribution in [0.4, 0.5) is 0 Å². The molecule has 0 atom stereocenters. The second-order valence-corrected chi connectivity index (χ2v) is 5.38. The van der Waals surface area contributed by atoms with Crippen molar-refractivity contribution in [2.24, 2.45) is 0 Å². The van der Waals surface area contributed by atoms with Crippen LogP contribution in [-0.4, -0.2) is 32.7 Å². The van der Waals surface area contributed by atoms with Crippen molar-refractivity contribution in [3.8, 4) is 0 Å². The zero-order valence-electron chi connectivity index (χ0n) is 12.5. The lowest BCUT2D eigenvalue weighted by atomic mass is 9.89. The van der Waals surface area contributed by atoms with Gasteiger partial charge in [0.1, 0.15) is 5.69 Å². The van der Waals surface area contributed by atoms with E-state index in [2.05, 4.69) is 15.5 Å². The van der Waals surface area contributed by atoms with Crippen molar-refractivity contribution in [1.29, 1.82) is 0 Å². The molecule has 0 aliphatic carbocycles. The predicted molar refractivity (Wildman–Crippen MR) is 75.7 cm³/mol. The van der Waals surface area contributed by atoms with E-state index in [0.29, 0.717) is 18.5 Å². The summed E-state index contributed by atoms with van der Waals surface area (Å²) in [6, 6.07) is 1.71. The maximum Gasteiger partial charge on any atom is 0.305 e. The van der Waals surface area contributed by atoms with Crippen molar-refractivity contribution in [2.45, 2.75) is 58.4 Å². The maximum absolute atomic E-state index is 12.2. The van der Waals surface area contributed by atoms with Crippen LogP contribution in [0.15, 0.2) is 6.07 Å². The van der Waals surface area contributed by atoms with Crippen molar-refractivity contribution in [2.75, 3.05) is 0 Å². The lowest BCUT2D eigenvalue weighted by Gasteiger charge is -2.31. The zero-order chi connectivity index (χ0) is 15.3. The Labute approximate surface area is 119 Å². The summed E-state index contributed by atoms with van der Waals surface area (Å²) >= 11 is 0. The van der Waals surface area contributed by atoms with Gasteiger partial charge in [-0.3, -0.25) is 14.7 Å². The van der Waals surface area contributed by atoms with E-state index >= 15 is 0 Å². The highest BCUT2D eigenvalue weighted by atomic mass is 16.4. The Balaban J connectivity index is 2.87. The molecule has 0 saturated heterocycles. The second kappa shape index (κ2) is 6.54. The number of aliphatic carboxylic acids is 1. The highest BCUT2D eigenvalue weighted by Gasteiger charge is 2.31. The zero-order valence-corrected chi connectivity index (χ0v) is 12.5. The van der Waals surface area contributed by atoms with Gasteiger partial charge in [-0.05, 0) is 24.8 Å². The minimum atomic E-state index is -0.918. The molecule has 0 aliphatic rings. The molecule has 1 rings (SSSR count). The molecular formula is C14H23N3O3. The Bertz CT molecular complexity index is 476. The van der Waals surface area contributed by atoms with Gasteiger partial charge in [-0.25, -0.2) is 0 Å². The molecule has 0 radical (unpaired) electrons. The van der Waals surface area contributed by atoms with Crippen molar-refractivity contribution in [1.82, 2.24) is 15.5 Å². The Hall–Kier alpha value is -1.85. The van der Waals surface area contributed by atoms with E-state index < -0.39 is 11.5 Å². The number of rotatable bonds is 7. The smallest absolute Gasteiger partial charge is 0.305 e. The molecule has 3 N–H and O–H groups in total. The van der Waals surface area contributed by atoms with Crippen LogP contribution in [0.25, 0.3) is 0 Å². The van der Waals surface area contributed by atoms with Crippen LogP contribution in [0.1, 0.15) is 69.1 Å². The number of hydrogen-bond acceptors (Lipinski definition) is 3. The average Bonchev–Trinajstić information content (AvgIpc) is 2.87. The predicted octanol–water partition coefficient (Wildman–Crippen LogP) is 2.30. The second-order valence-electron chi connectivity index (χ2n) is 5.38. The molecule has 1 heterocycles. The number of hydrogen-bond donors (Lipinski definition) is 3. The summed E-state index contributed by atoms with van der Waals surface area (Å²) in [5, 5.41) is 18.6. The lowest BCUT2D eigenvalue weighted by molar-refractivity contribution is -0.138. The molecule has 0 aromatic carbocycles. The average molecular weight is 281 g/mol. The fourth-order valence-electron chi connectivity index (χ4n) is 2.06. The number of amides is 1. The molecule has 6 heteroatoms. The SMILES string of the molecule is CCC(CC)(CC(=O)O)NC(=O)c1cc(C(C)C)[nH]n1. The molecular weight excluding hydrogens is 258 g/mol. The monoisotopic (exact) mass is 281 g/mol. The minimum Gasteiger partial charge on any atom is -0.481 e. The van der Waals surface area contributed by atoms with Gasteiger partial charge in [0.15, 0.2) is 0 Å². The number of carbonyl (C=O) groups excluding carboxylic acids is 1. The number of carboxylic acid groups (broad SMARTS) is 1. The van der Waals surface area contributed by atoms with Crippen LogP contribution < -0.4 is 5.32 Å². The molecule has 1 amide bonds. The first-order valence-corrected chi connectivity index (χ1v) is 6.93. The molecule has 1 aromatic rings. The van der Waals surface area contributed by atoms with Crippen molar-refractivity contribution in [3.63, 3.8) is 0 Å². The summed E-state index contributed by atoms with van der Waals surface area (Å²) in [6.45, 7) is 7.75. The number of H-pyrrole nitrogens is 1. The molecule has 6 nitrogen and oxygen atoms in total. The van der Waals surface area contributed by atoms with E-state index in [1.807, 2.05) is 27.7 Å². The van der Waals surface area contributed by atoms with Gasteiger partial charge in [0.25, 0.3) is 5.91 Å². The Morgan fingerprint density at radius 3 is 2.40 bits per heavy atom. The molecule has 0 aliphatic heterocycles. The third-order valence-electron chi connectivity index (χ3n) is 3.67. The van der Waals surface area contributed by atoms with Gasteiger partial charge in [0, 0.05) is 5.69 Å². The number of nitrogens with zero attached hydrogens (tertiary/aromatic N) is 1. The highest BCUT2D eigenvalue weighted by Crippen LogP contribution is 2.21. The van der Waals surface area contributed by atoms with Gasteiger partial charge in [0.05, 0.1) is 12.0 Å². The third-order valence-corrected chi connectivity index (χ3v) is 3.67. The largest absolute Gasteiger partial charge is 0.481 e. The maximum atomic E-state index is 12.2. The standard InChI is InChI=1S/C14H23N3O3/c1-5-14(6-2,8-12(18)19)15-13(20)11-7-10(9(3)4)16-17-11/h7,9H,5-6,8H2,1-4H3,(H,15,20)(H,16,17)(H,18,19). The van der Waals surface area contributed by atoms with Crippen LogP contribution in [0.3, 0.4) is 0 Å². The summed E-state index contributed by atoms with van der Waals surface area (Å²) in [5.41, 5.74) is 0.456. The highest BCUT2D eigenvalue weighted by molar-refractivity contribution is 5.93. The minimum absolute atomic E-state index is 0.0901. The lowest BCUT2D eigenvalue weighted by Crippen LogP contribution is -2.49. The van der Waals surface area contributed by atoms with Crippen LogP contribution in [0.5, 0.6) is 0 Å². The summed E-state index contributed by atoms with van der Waals surface area (Å²) in [7, 11) is 0. The van der Waals surface area contributed by atoms with E-state index in [0.717, 1.165) is 5.69 Å². The van der Waals surface area contributed by atoms with E-state index in [9.17, 15) is 9.59 Å². The van der Waals surface area contributed by atoms with Crippen molar-refractivity contribution in [3.05, 3.63) is 17.5 Å². The van der Waals surface area contributed by atoms with E-state index in [1.54, 1.807) is 6.07 Å². The van der Waals surface area contributed by atoms with E-state index in [1.165, 1.54) is 0 Å². The van der Waals surface area contributed by atoms with Crippen LogP contribution in [-0.2, 0) is 4.79 Å². The normalized spacial score (nSPS) is 11.7. The van der Waals surface area contributed by atoms with Crippen molar-refractivity contribution < 1.29 is 14.7 Å². The Morgan fingerprint density at radius 1 is 1.40 bits per heavy atom.